The van der Waals surface area contributed by atoms with E-state index in [0.29, 0.717) is 19.4 Å². The summed E-state index contributed by atoms with van der Waals surface area (Å²) in [6, 6.07) is 6.96. The van der Waals surface area contributed by atoms with E-state index in [4.69, 9.17) is 0 Å². The van der Waals surface area contributed by atoms with Crippen molar-refractivity contribution in [3.05, 3.63) is 41.0 Å². The van der Waals surface area contributed by atoms with Crippen LogP contribution in [0.5, 0.6) is 0 Å². The van der Waals surface area contributed by atoms with Crippen molar-refractivity contribution in [3.8, 4) is 10.4 Å². The number of aromatic nitrogens is 1. The predicted octanol–water partition coefficient (Wildman–Crippen LogP) is 1.35. The molecule has 2 unspecified atom stereocenters. The molecule has 3 aliphatic heterocycles. The molecule has 0 saturated carbocycles. The van der Waals surface area contributed by atoms with E-state index in [9.17, 15) is 19.5 Å². The van der Waals surface area contributed by atoms with E-state index in [-0.39, 0.29) is 24.3 Å². The Morgan fingerprint density at radius 1 is 1.23 bits per heavy atom. The first-order chi connectivity index (χ1) is 16.7. The minimum Gasteiger partial charge on any atom is -0.391 e. The fraction of sp³-hybridized carbons (Fsp3) is 0.520. The van der Waals surface area contributed by atoms with Crippen molar-refractivity contribution in [1.29, 1.82) is 0 Å². The molecule has 4 heterocycles. The van der Waals surface area contributed by atoms with Gasteiger partial charge in [-0.2, -0.15) is 0 Å². The molecule has 10 heteroatoms. The van der Waals surface area contributed by atoms with E-state index >= 15 is 0 Å². The molecule has 5 atom stereocenters. The molecule has 0 spiro atoms. The Bertz CT molecular complexity index is 1150. The van der Waals surface area contributed by atoms with Gasteiger partial charge in [0.25, 0.3) is 0 Å². The number of benzene rings is 1. The maximum Gasteiger partial charge on any atom is 0.245 e. The van der Waals surface area contributed by atoms with Crippen molar-refractivity contribution in [2.75, 3.05) is 13.1 Å². The zero-order chi connectivity index (χ0) is 24.9. The molecule has 0 radical (unpaired) electrons. The highest BCUT2D eigenvalue weighted by Crippen LogP contribution is 2.34. The summed E-state index contributed by atoms with van der Waals surface area (Å²) in [7, 11) is 0. The van der Waals surface area contributed by atoms with Gasteiger partial charge in [0.2, 0.25) is 17.7 Å². The standard InChI is InChI=1S/C25H31N5O4S/c1-14-21(35-13-26-14)16-6-8-17(9-7-16)25(3)24(34)27-22(28-25)20-11-18(32)12-30(20)23(33)19-5-4-10-29(19)15(2)31/h6-9,13,18-20,22,28,32H,4-5,10-12H2,1-3H3,(H,27,34)/t18-,19+,20?,22?,25+/m1/s1. The molecule has 9 nitrogen and oxygen atoms in total. The molecular formula is C25H31N5O4S. The lowest BCUT2D eigenvalue weighted by atomic mass is 9.91. The Hall–Kier alpha value is -2.82. The van der Waals surface area contributed by atoms with Crippen LogP contribution < -0.4 is 10.6 Å². The molecule has 186 valence electrons. The first kappa shape index (κ1) is 23.9. The Labute approximate surface area is 208 Å². The van der Waals surface area contributed by atoms with E-state index < -0.39 is 29.9 Å². The van der Waals surface area contributed by atoms with Crippen LogP contribution in [0, 0.1) is 6.92 Å². The maximum absolute atomic E-state index is 13.4. The summed E-state index contributed by atoms with van der Waals surface area (Å²) < 4.78 is 0. The van der Waals surface area contributed by atoms with Crippen LogP contribution >= 0.6 is 11.3 Å². The monoisotopic (exact) mass is 497 g/mol. The fourth-order valence-electron chi connectivity index (χ4n) is 5.64. The number of carbonyl (C=O) groups excluding carboxylic acids is 3. The zero-order valence-corrected chi connectivity index (χ0v) is 21.0. The molecule has 1 aromatic carbocycles. The number of nitrogens with zero attached hydrogens (tertiary/aromatic N) is 3. The molecule has 0 bridgehead atoms. The van der Waals surface area contributed by atoms with E-state index in [1.807, 2.05) is 43.6 Å². The normalized spacial score (nSPS) is 30.7. The highest BCUT2D eigenvalue weighted by Gasteiger charge is 2.51. The van der Waals surface area contributed by atoms with Gasteiger partial charge in [-0.1, -0.05) is 24.3 Å². The number of aliphatic hydroxyl groups is 1. The molecule has 2 aromatic rings. The average molecular weight is 498 g/mol. The van der Waals surface area contributed by atoms with Crippen molar-refractivity contribution < 1.29 is 19.5 Å². The number of rotatable bonds is 4. The van der Waals surface area contributed by atoms with Gasteiger partial charge < -0.3 is 20.2 Å². The van der Waals surface area contributed by atoms with Crippen LogP contribution in [-0.4, -0.2) is 75.1 Å². The summed E-state index contributed by atoms with van der Waals surface area (Å²) in [4.78, 5) is 47.3. The first-order valence-electron chi connectivity index (χ1n) is 12.0. The van der Waals surface area contributed by atoms with Gasteiger partial charge in [0, 0.05) is 20.0 Å². The molecule has 1 aromatic heterocycles. The molecule has 5 rings (SSSR count). The SMILES string of the molecule is CC(=O)N1CCC[C@H]1C(=O)N1C[C@H](O)CC1C1NC(=O)[C@](C)(c2ccc(-c3scnc3C)cc2)N1. The summed E-state index contributed by atoms with van der Waals surface area (Å²) in [5, 5.41) is 16.9. The van der Waals surface area contributed by atoms with Crippen LogP contribution in [0.25, 0.3) is 10.4 Å². The lowest BCUT2D eigenvalue weighted by Crippen LogP contribution is -2.56. The summed E-state index contributed by atoms with van der Waals surface area (Å²) >= 11 is 1.58. The third-order valence-electron chi connectivity index (χ3n) is 7.59. The second-order valence-electron chi connectivity index (χ2n) is 9.88. The summed E-state index contributed by atoms with van der Waals surface area (Å²) in [6.45, 7) is 6.05. The number of hydrogen-bond acceptors (Lipinski definition) is 7. The van der Waals surface area contributed by atoms with Crippen LogP contribution in [0.4, 0.5) is 0 Å². The highest BCUT2D eigenvalue weighted by molar-refractivity contribution is 7.13. The van der Waals surface area contributed by atoms with Crippen LogP contribution in [0.2, 0.25) is 0 Å². The molecule has 3 fully saturated rings. The number of thiazole rings is 1. The largest absolute Gasteiger partial charge is 0.391 e. The molecule has 3 N–H and O–H groups in total. The predicted molar refractivity (Wildman–Crippen MR) is 131 cm³/mol. The van der Waals surface area contributed by atoms with Gasteiger partial charge in [-0.3, -0.25) is 19.7 Å². The number of aliphatic hydroxyl groups excluding tert-OH is 1. The van der Waals surface area contributed by atoms with Gasteiger partial charge in [-0.25, -0.2) is 4.98 Å². The third kappa shape index (κ3) is 4.13. The Balaban J connectivity index is 1.35. The van der Waals surface area contributed by atoms with Crippen LogP contribution in [0.1, 0.15) is 44.4 Å². The summed E-state index contributed by atoms with van der Waals surface area (Å²) in [6.07, 6.45) is 0.569. The van der Waals surface area contributed by atoms with E-state index in [1.165, 1.54) is 6.92 Å². The number of amides is 3. The molecule has 3 saturated heterocycles. The fourth-order valence-corrected chi connectivity index (χ4v) is 6.45. The molecule has 3 aliphatic rings. The van der Waals surface area contributed by atoms with Crippen LogP contribution in [0.15, 0.2) is 29.8 Å². The second kappa shape index (κ2) is 9.00. The number of carbonyl (C=O) groups is 3. The highest BCUT2D eigenvalue weighted by atomic mass is 32.1. The smallest absolute Gasteiger partial charge is 0.245 e. The van der Waals surface area contributed by atoms with Crippen molar-refractivity contribution in [2.45, 2.75) is 69.9 Å². The van der Waals surface area contributed by atoms with Gasteiger partial charge >= 0.3 is 0 Å². The minimum atomic E-state index is -0.979. The van der Waals surface area contributed by atoms with Crippen molar-refractivity contribution in [2.24, 2.45) is 0 Å². The quantitative estimate of drug-likeness (QED) is 0.588. The van der Waals surface area contributed by atoms with Gasteiger partial charge in [0.05, 0.1) is 28.2 Å². The lowest BCUT2D eigenvalue weighted by Gasteiger charge is -2.34. The first-order valence-corrected chi connectivity index (χ1v) is 12.9. The number of likely N-dealkylation sites (tertiary alicyclic amines) is 2. The van der Waals surface area contributed by atoms with Gasteiger partial charge in [0.1, 0.15) is 17.7 Å². The Morgan fingerprint density at radius 2 is 1.97 bits per heavy atom. The summed E-state index contributed by atoms with van der Waals surface area (Å²) in [5.41, 5.74) is 3.68. The average Bonchev–Trinajstić information content (AvgIpc) is 3.61. The Morgan fingerprint density at radius 3 is 2.63 bits per heavy atom. The van der Waals surface area contributed by atoms with E-state index in [0.717, 1.165) is 28.1 Å². The number of β-amino-alcohol motifs (C(OH)–C–C–N with tert-alkyl or cyclic N) is 1. The maximum atomic E-state index is 13.4. The number of aryl methyl sites for hydroxylation is 1. The zero-order valence-electron chi connectivity index (χ0n) is 20.2. The topological polar surface area (TPSA) is 115 Å². The molecule has 3 amide bonds. The molecular weight excluding hydrogens is 466 g/mol. The third-order valence-corrected chi connectivity index (χ3v) is 8.56. The number of nitrogens with one attached hydrogen (secondary N) is 2. The molecule has 35 heavy (non-hydrogen) atoms. The van der Waals surface area contributed by atoms with Gasteiger partial charge in [0.15, 0.2) is 0 Å². The second-order valence-corrected chi connectivity index (χ2v) is 10.7. The van der Waals surface area contributed by atoms with E-state index in [2.05, 4.69) is 15.6 Å². The van der Waals surface area contributed by atoms with E-state index in [1.54, 1.807) is 21.1 Å². The lowest BCUT2D eigenvalue weighted by molar-refractivity contribution is -0.144. The minimum absolute atomic E-state index is 0.117. The van der Waals surface area contributed by atoms with Crippen molar-refractivity contribution >= 4 is 29.1 Å². The molecule has 0 aliphatic carbocycles. The Kier molecular flexibility index (Phi) is 6.14. The number of hydrogen-bond donors (Lipinski definition) is 3. The van der Waals surface area contributed by atoms with Crippen molar-refractivity contribution in [1.82, 2.24) is 25.4 Å². The summed E-state index contributed by atoms with van der Waals surface area (Å²) in [5.74, 6) is -0.452. The van der Waals surface area contributed by atoms with Gasteiger partial charge in [-0.05, 0) is 44.2 Å². The van der Waals surface area contributed by atoms with Gasteiger partial charge in [-0.15, -0.1) is 11.3 Å². The van der Waals surface area contributed by atoms with Crippen LogP contribution in [-0.2, 0) is 19.9 Å². The van der Waals surface area contributed by atoms with Crippen molar-refractivity contribution in [3.63, 3.8) is 0 Å². The van der Waals surface area contributed by atoms with Crippen LogP contribution in [0.3, 0.4) is 0 Å².